The molecule has 92 valence electrons. The van der Waals surface area contributed by atoms with Crippen molar-refractivity contribution in [2.24, 2.45) is 7.05 Å². The molecule has 0 amide bonds. The Kier molecular flexibility index (Phi) is 2.75. The third-order valence-corrected chi connectivity index (χ3v) is 2.95. The van der Waals surface area contributed by atoms with Crippen LogP contribution in [0.1, 0.15) is 5.56 Å². The van der Waals surface area contributed by atoms with E-state index in [0.29, 0.717) is 6.54 Å². The fraction of sp³-hybridized carbons (Fsp3) is 0.182. The van der Waals surface area contributed by atoms with Gasteiger partial charge in [-0.1, -0.05) is 0 Å². The van der Waals surface area contributed by atoms with Gasteiger partial charge in [-0.25, -0.2) is 9.97 Å². The molecule has 0 unspecified atom stereocenters. The molecule has 0 aliphatic heterocycles. The maximum Gasteiger partial charge on any atom is 0.180 e. The van der Waals surface area contributed by atoms with Gasteiger partial charge in [-0.15, -0.1) is 0 Å². The van der Waals surface area contributed by atoms with Gasteiger partial charge in [-0.3, -0.25) is 4.68 Å². The average molecular weight is 307 g/mol. The number of fused-ring (bicyclic) bond motifs is 1. The van der Waals surface area contributed by atoms with E-state index >= 15 is 0 Å². The molecule has 18 heavy (non-hydrogen) atoms. The SMILES string of the molecule is Cn1cc(CNc2nc(Br)cn3ccnc23)cn1. The zero-order valence-corrected chi connectivity index (χ0v) is 11.3. The van der Waals surface area contributed by atoms with Crippen LogP contribution in [-0.4, -0.2) is 24.1 Å². The van der Waals surface area contributed by atoms with Gasteiger partial charge in [0.05, 0.1) is 6.20 Å². The summed E-state index contributed by atoms with van der Waals surface area (Å²) < 4.78 is 4.46. The molecule has 3 aromatic rings. The van der Waals surface area contributed by atoms with Crippen LogP contribution in [0.5, 0.6) is 0 Å². The lowest BCUT2D eigenvalue weighted by Crippen LogP contribution is -2.03. The predicted octanol–water partition coefficient (Wildman–Crippen LogP) is 1.84. The van der Waals surface area contributed by atoms with Crippen molar-refractivity contribution in [3.05, 3.63) is 41.2 Å². The number of nitrogens with one attached hydrogen (secondary N) is 1. The molecule has 3 heterocycles. The summed E-state index contributed by atoms with van der Waals surface area (Å²) in [4.78, 5) is 8.66. The molecular formula is C11H11BrN6. The Bertz CT molecular complexity index is 686. The first kappa shape index (κ1) is 11.2. The van der Waals surface area contributed by atoms with Crippen LogP contribution in [0.4, 0.5) is 5.82 Å². The van der Waals surface area contributed by atoms with Crippen molar-refractivity contribution in [1.82, 2.24) is 24.1 Å². The van der Waals surface area contributed by atoms with Gasteiger partial charge in [0.1, 0.15) is 4.60 Å². The van der Waals surface area contributed by atoms with Gasteiger partial charge in [0.15, 0.2) is 11.5 Å². The van der Waals surface area contributed by atoms with Gasteiger partial charge in [0, 0.05) is 43.9 Å². The second kappa shape index (κ2) is 4.41. The molecule has 0 aliphatic rings. The largest absolute Gasteiger partial charge is 0.363 e. The van der Waals surface area contributed by atoms with E-state index in [1.165, 1.54) is 0 Å². The van der Waals surface area contributed by atoms with E-state index in [1.54, 1.807) is 10.9 Å². The van der Waals surface area contributed by atoms with Crippen molar-refractivity contribution in [2.75, 3.05) is 5.32 Å². The fourth-order valence-corrected chi connectivity index (χ4v) is 2.17. The minimum Gasteiger partial charge on any atom is -0.363 e. The maximum atomic E-state index is 4.39. The van der Waals surface area contributed by atoms with Crippen LogP contribution in [0.3, 0.4) is 0 Å². The minimum atomic E-state index is 0.666. The maximum absolute atomic E-state index is 4.39. The van der Waals surface area contributed by atoms with E-state index in [0.717, 1.165) is 21.6 Å². The third-order valence-electron chi connectivity index (χ3n) is 2.56. The van der Waals surface area contributed by atoms with Gasteiger partial charge in [0.2, 0.25) is 0 Å². The van der Waals surface area contributed by atoms with Crippen LogP contribution in [-0.2, 0) is 13.6 Å². The standard InChI is InChI=1S/C11H11BrN6/c1-17-6-8(5-15-17)4-14-10-11-13-2-3-18(11)7-9(12)16-10/h2-3,5-7H,4H2,1H3,(H,14,16). The molecule has 0 fully saturated rings. The van der Waals surface area contributed by atoms with E-state index in [2.05, 4.69) is 36.3 Å². The quantitative estimate of drug-likeness (QED) is 0.802. The van der Waals surface area contributed by atoms with Gasteiger partial charge in [-0.2, -0.15) is 5.10 Å². The molecule has 3 aromatic heterocycles. The third kappa shape index (κ3) is 2.08. The number of halogens is 1. The van der Waals surface area contributed by atoms with Gasteiger partial charge >= 0.3 is 0 Å². The van der Waals surface area contributed by atoms with E-state index in [-0.39, 0.29) is 0 Å². The second-order valence-electron chi connectivity index (χ2n) is 3.95. The highest BCUT2D eigenvalue weighted by Gasteiger charge is 2.06. The number of hydrogen-bond donors (Lipinski definition) is 1. The van der Waals surface area contributed by atoms with Crippen molar-refractivity contribution in [2.45, 2.75) is 6.54 Å². The Morgan fingerprint density at radius 3 is 3.06 bits per heavy atom. The Hall–Kier alpha value is -1.89. The Labute approximate surface area is 112 Å². The molecule has 0 radical (unpaired) electrons. The van der Waals surface area contributed by atoms with Crippen LogP contribution in [0.15, 0.2) is 35.6 Å². The molecule has 0 saturated carbocycles. The van der Waals surface area contributed by atoms with Gasteiger partial charge in [-0.05, 0) is 15.9 Å². The molecule has 0 aromatic carbocycles. The van der Waals surface area contributed by atoms with E-state index in [9.17, 15) is 0 Å². The van der Waals surface area contributed by atoms with Crippen molar-refractivity contribution < 1.29 is 0 Å². The minimum absolute atomic E-state index is 0.666. The molecule has 3 rings (SSSR count). The van der Waals surface area contributed by atoms with E-state index in [4.69, 9.17) is 0 Å². The lowest BCUT2D eigenvalue weighted by molar-refractivity contribution is 0.767. The number of hydrogen-bond acceptors (Lipinski definition) is 4. The summed E-state index contributed by atoms with van der Waals surface area (Å²) in [5, 5.41) is 7.39. The first-order valence-corrected chi connectivity index (χ1v) is 6.22. The second-order valence-corrected chi connectivity index (χ2v) is 4.76. The Balaban J connectivity index is 1.87. The van der Waals surface area contributed by atoms with Crippen LogP contribution < -0.4 is 5.32 Å². The molecule has 0 saturated heterocycles. The highest BCUT2D eigenvalue weighted by Crippen LogP contribution is 2.17. The molecule has 0 aliphatic carbocycles. The molecule has 6 nitrogen and oxygen atoms in total. The lowest BCUT2D eigenvalue weighted by atomic mass is 10.3. The number of aromatic nitrogens is 5. The Morgan fingerprint density at radius 1 is 1.39 bits per heavy atom. The van der Waals surface area contributed by atoms with Crippen molar-refractivity contribution in [3.8, 4) is 0 Å². The van der Waals surface area contributed by atoms with Crippen LogP contribution in [0, 0.1) is 0 Å². The monoisotopic (exact) mass is 306 g/mol. The van der Waals surface area contributed by atoms with Crippen LogP contribution in [0.2, 0.25) is 0 Å². The van der Waals surface area contributed by atoms with Gasteiger partial charge < -0.3 is 9.72 Å². The van der Waals surface area contributed by atoms with E-state index in [1.807, 2.05) is 36.2 Å². The number of aryl methyl sites for hydroxylation is 1. The van der Waals surface area contributed by atoms with E-state index < -0.39 is 0 Å². The zero-order chi connectivity index (χ0) is 12.5. The summed E-state index contributed by atoms with van der Waals surface area (Å²) in [6, 6.07) is 0. The highest BCUT2D eigenvalue weighted by molar-refractivity contribution is 9.10. The highest BCUT2D eigenvalue weighted by atomic mass is 79.9. The molecule has 0 spiro atoms. The zero-order valence-electron chi connectivity index (χ0n) is 9.71. The first-order chi connectivity index (χ1) is 8.72. The van der Waals surface area contributed by atoms with Crippen molar-refractivity contribution in [1.29, 1.82) is 0 Å². The summed E-state index contributed by atoms with van der Waals surface area (Å²) in [7, 11) is 1.90. The summed E-state index contributed by atoms with van der Waals surface area (Å²) in [5.74, 6) is 0.748. The summed E-state index contributed by atoms with van der Waals surface area (Å²) >= 11 is 3.38. The summed E-state index contributed by atoms with van der Waals surface area (Å²) in [5.41, 5.74) is 1.91. The van der Waals surface area contributed by atoms with Crippen LogP contribution >= 0.6 is 15.9 Å². The molecule has 0 bridgehead atoms. The normalized spacial score (nSPS) is 11.0. The molecular weight excluding hydrogens is 296 g/mol. The first-order valence-electron chi connectivity index (χ1n) is 5.43. The number of anilines is 1. The average Bonchev–Trinajstić information content (AvgIpc) is 2.94. The molecule has 0 atom stereocenters. The fourth-order valence-electron chi connectivity index (χ4n) is 1.77. The predicted molar refractivity (Wildman–Crippen MR) is 71.2 cm³/mol. The topological polar surface area (TPSA) is 60.0 Å². The van der Waals surface area contributed by atoms with Crippen molar-refractivity contribution >= 4 is 27.4 Å². The number of imidazole rings is 1. The Morgan fingerprint density at radius 2 is 2.28 bits per heavy atom. The number of nitrogens with zero attached hydrogens (tertiary/aromatic N) is 5. The molecule has 7 heteroatoms. The number of rotatable bonds is 3. The lowest BCUT2D eigenvalue weighted by Gasteiger charge is -2.06. The summed E-state index contributed by atoms with van der Waals surface area (Å²) in [6.45, 7) is 0.666. The van der Waals surface area contributed by atoms with Gasteiger partial charge in [0.25, 0.3) is 0 Å². The van der Waals surface area contributed by atoms with Crippen molar-refractivity contribution in [3.63, 3.8) is 0 Å². The molecule has 1 N–H and O–H groups in total. The smallest absolute Gasteiger partial charge is 0.180 e. The van der Waals surface area contributed by atoms with Crippen LogP contribution in [0.25, 0.3) is 5.65 Å². The summed E-state index contributed by atoms with van der Waals surface area (Å²) in [6.07, 6.45) is 9.30.